The van der Waals surface area contributed by atoms with E-state index < -0.39 is 17.7 Å². The third kappa shape index (κ3) is 6.42. The molecule has 6 heteroatoms. The van der Waals surface area contributed by atoms with E-state index in [0.717, 1.165) is 11.5 Å². The van der Waals surface area contributed by atoms with Gasteiger partial charge in [-0.1, -0.05) is 20.3 Å². The van der Waals surface area contributed by atoms with Gasteiger partial charge < -0.3 is 10.1 Å². The topological polar surface area (TPSA) is 67.9 Å². The Bertz CT molecular complexity index is 312. The van der Waals surface area contributed by atoms with E-state index in [-0.39, 0.29) is 11.8 Å². The average Bonchev–Trinajstić information content (AvgIpc) is 2.30. The molecule has 6 nitrogen and oxygen atoms in total. The zero-order valence-corrected chi connectivity index (χ0v) is 12.9. The van der Waals surface area contributed by atoms with E-state index >= 15 is 0 Å². The van der Waals surface area contributed by atoms with Gasteiger partial charge in [0.1, 0.15) is 11.6 Å². The Kier molecular flexibility index (Phi) is 6.83. The van der Waals surface area contributed by atoms with Crippen LogP contribution in [0.15, 0.2) is 0 Å². The Hall–Kier alpha value is -1.30. The molecule has 0 aromatic heterocycles. The van der Waals surface area contributed by atoms with Crippen LogP contribution in [0.2, 0.25) is 0 Å². The standard InChI is InChI=1S/C13H26N2O4/c1-8-9(2)10(11(16)15(6)18-7)14-12(17)19-13(3,4)5/h9-10H,8H2,1-7H3,(H,14,17)/t9-,10+/m1/s1. The van der Waals surface area contributed by atoms with Crippen molar-refractivity contribution in [3.05, 3.63) is 0 Å². The molecule has 0 aliphatic heterocycles. The van der Waals surface area contributed by atoms with Crippen molar-refractivity contribution in [3.8, 4) is 0 Å². The fraction of sp³-hybridized carbons (Fsp3) is 0.846. The molecule has 0 spiro atoms. The molecule has 0 rings (SSSR count). The third-order valence-corrected chi connectivity index (χ3v) is 2.74. The van der Waals surface area contributed by atoms with Gasteiger partial charge in [-0.05, 0) is 26.7 Å². The lowest BCUT2D eigenvalue weighted by Crippen LogP contribution is -2.51. The highest BCUT2D eigenvalue weighted by Gasteiger charge is 2.30. The summed E-state index contributed by atoms with van der Waals surface area (Å²) >= 11 is 0. The molecule has 0 fully saturated rings. The SMILES string of the molecule is CC[C@@H](C)[C@H](NC(=O)OC(C)(C)C)C(=O)N(C)OC. The number of carbonyl (C=O) groups is 2. The number of nitrogens with one attached hydrogen (secondary N) is 1. The molecule has 1 N–H and O–H groups in total. The molecule has 19 heavy (non-hydrogen) atoms. The van der Waals surface area contributed by atoms with Gasteiger partial charge in [0.15, 0.2) is 0 Å². The highest BCUT2D eigenvalue weighted by Crippen LogP contribution is 2.12. The molecule has 0 saturated carbocycles. The van der Waals surface area contributed by atoms with E-state index in [4.69, 9.17) is 9.57 Å². The second kappa shape index (κ2) is 7.33. The molecule has 0 aromatic rings. The summed E-state index contributed by atoms with van der Waals surface area (Å²) in [7, 11) is 2.91. The van der Waals surface area contributed by atoms with Crippen molar-refractivity contribution >= 4 is 12.0 Å². The predicted molar refractivity (Wildman–Crippen MR) is 72.4 cm³/mol. The molecule has 0 aliphatic rings. The molecule has 0 bridgehead atoms. The highest BCUT2D eigenvalue weighted by atomic mass is 16.7. The van der Waals surface area contributed by atoms with Gasteiger partial charge in [0.25, 0.3) is 5.91 Å². The Balaban J connectivity index is 4.79. The molecular weight excluding hydrogens is 248 g/mol. The number of alkyl carbamates (subject to hydrolysis) is 1. The number of amides is 2. The van der Waals surface area contributed by atoms with Crippen molar-refractivity contribution in [2.24, 2.45) is 5.92 Å². The van der Waals surface area contributed by atoms with Crippen LogP contribution in [0, 0.1) is 5.92 Å². The monoisotopic (exact) mass is 274 g/mol. The van der Waals surface area contributed by atoms with Crippen LogP contribution in [-0.4, -0.2) is 42.9 Å². The third-order valence-electron chi connectivity index (χ3n) is 2.74. The van der Waals surface area contributed by atoms with Crippen molar-refractivity contribution in [2.75, 3.05) is 14.2 Å². The van der Waals surface area contributed by atoms with Gasteiger partial charge in [0.2, 0.25) is 0 Å². The van der Waals surface area contributed by atoms with Crippen LogP contribution in [0.3, 0.4) is 0 Å². The fourth-order valence-corrected chi connectivity index (χ4v) is 1.40. The minimum atomic E-state index is -0.662. The molecule has 2 amide bonds. The summed E-state index contributed by atoms with van der Waals surface area (Å²) < 4.78 is 5.16. The molecule has 0 heterocycles. The van der Waals surface area contributed by atoms with Crippen LogP contribution in [-0.2, 0) is 14.4 Å². The van der Waals surface area contributed by atoms with Gasteiger partial charge in [-0.3, -0.25) is 9.63 Å². The number of rotatable bonds is 5. The molecule has 0 unspecified atom stereocenters. The van der Waals surface area contributed by atoms with E-state index in [9.17, 15) is 9.59 Å². The normalized spacial score (nSPS) is 14.5. The van der Waals surface area contributed by atoms with Crippen LogP contribution >= 0.6 is 0 Å². The summed E-state index contributed by atoms with van der Waals surface area (Å²) in [5.41, 5.74) is -0.597. The summed E-state index contributed by atoms with van der Waals surface area (Å²) in [4.78, 5) is 28.7. The first-order valence-corrected chi connectivity index (χ1v) is 6.43. The van der Waals surface area contributed by atoms with Gasteiger partial charge in [0, 0.05) is 7.05 Å². The Morgan fingerprint density at radius 1 is 1.32 bits per heavy atom. The van der Waals surface area contributed by atoms with Crippen LogP contribution in [0.5, 0.6) is 0 Å². The predicted octanol–water partition coefficient (Wildman–Crippen LogP) is 1.95. The van der Waals surface area contributed by atoms with Gasteiger partial charge in [0.05, 0.1) is 7.11 Å². The van der Waals surface area contributed by atoms with Gasteiger partial charge in [-0.25, -0.2) is 9.86 Å². The lowest BCUT2D eigenvalue weighted by molar-refractivity contribution is -0.172. The maximum atomic E-state index is 12.1. The molecule has 0 saturated heterocycles. The first kappa shape index (κ1) is 17.7. The lowest BCUT2D eigenvalue weighted by atomic mass is 9.98. The minimum Gasteiger partial charge on any atom is -0.444 e. The molecule has 0 aromatic carbocycles. The molecule has 2 atom stereocenters. The van der Waals surface area contributed by atoms with Crippen LogP contribution in [0.1, 0.15) is 41.0 Å². The number of nitrogens with zero attached hydrogens (tertiary/aromatic N) is 1. The zero-order valence-electron chi connectivity index (χ0n) is 12.9. The first-order chi connectivity index (χ1) is 8.62. The van der Waals surface area contributed by atoms with E-state index in [2.05, 4.69) is 5.32 Å². The van der Waals surface area contributed by atoms with Crippen molar-refractivity contribution < 1.29 is 19.2 Å². The number of likely N-dealkylation sites (N-methyl/N-ethyl adjacent to an activating group) is 1. The number of hydrogen-bond acceptors (Lipinski definition) is 4. The maximum absolute atomic E-state index is 12.1. The molecular formula is C13H26N2O4. The molecule has 112 valence electrons. The summed E-state index contributed by atoms with van der Waals surface area (Å²) in [6.07, 6.45) is 0.152. The van der Waals surface area contributed by atoms with Crippen molar-refractivity contribution in [3.63, 3.8) is 0 Å². The van der Waals surface area contributed by atoms with E-state index in [1.807, 2.05) is 13.8 Å². The quantitative estimate of drug-likeness (QED) is 0.778. The maximum Gasteiger partial charge on any atom is 0.408 e. The molecule has 0 radical (unpaired) electrons. The second-order valence-corrected chi connectivity index (χ2v) is 5.53. The Labute approximate surface area is 115 Å². The first-order valence-electron chi connectivity index (χ1n) is 6.43. The van der Waals surface area contributed by atoms with Gasteiger partial charge in [-0.15, -0.1) is 0 Å². The average molecular weight is 274 g/mol. The number of carbonyl (C=O) groups excluding carboxylic acids is 2. The van der Waals surface area contributed by atoms with Gasteiger partial charge in [-0.2, -0.15) is 0 Å². The smallest absolute Gasteiger partial charge is 0.408 e. The van der Waals surface area contributed by atoms with Crippen LogP contribution < -0.4 is 5.32 Å². The van der Waals surface area contributed by atoms with E-state index in [0.29, 0.717) is 0 Å². The van der Waals surface area contributed by atoms with Crippen molar-refractivity contribution in [1.82, 2.24) is 10.4 Å². The van der Waals surface area contributed by atoms with E-state index in [1.165, 1.54) is 14.2 Å². The number of hydrogen-bond donors (Lipinski definition) is 1. The van der Waals surface area contributed by atoms with E-state index in [1.54, 1.807) is 20.8 Å². The summed E-state index contributed by atoms with van der Waals surface area (Å²) in [5.74, 6) is -0.319. The molecule has 0 aliphatic carbocycles. The summed E-state index contributed by atoms with van der Waals surface area (Å²) in [6.45, 7) is 9.16. The van der Waals surface area contributed by atoms with Crippen LogP contribution in [0.4, 0.5) is 4.79 Å². The summed E-state index contributed by atoms with van der Waals surface area (Å²) in [5, 5.41) is 3.71. The zero-order chi connectivity index (χ0) is 15.2. The van der Waals surface area contributed by atoms with Gasteiger partial charge >= 0.3 is 6.09 Å². The van der Waals surface area contributed by atoms with Crippen LogP contribution in [0.25, 0.3) is 0 Å². The lowest BCUT2D eigenvalue weighted by Gasteiger charge is -2.28. The van der Waals surface area contributed by atoms with Crippen molar-refractivity contribution in [2.45, 2.75) is 52.7 Å². The summed E-state index contributed by atoms with van der Waals surface area (Å²) in [6, 6.07) is -0.662. The van der Waals surface area contributed by atoms with Crippen molar-refractivity contribution in [1.29, 1.82) is 0 Å². The highest BCUT2D eigenvalue weighted by molar-refractivity contribution is 5.85. The fourth-order valence-electron chi connectivity index (χ4n) is 1.40. The number of ether oxygens (including phenoxy) is 1. The Morgan fingerprint density at radius 3 is 2.21 bits per heavy atom. The number of hydroxylamine groups is 2. The Morgan fingerprint density at radius 2 is 1.84 bits per heavy atom. The largest absolute Gasteiger partial charge is 0.444 e. The second-order valence-electron chi connectivity index (χ2n) is 5.53. The minimum absolute atomic E-state index is 0.0161.